The molecule has 190 valence electrons. The van der Waals surface area contributed by atoms with Crippen LogP contribution in [0.3, 0.4) is 0 Å². The molecule has 4 saturated carbocycles. The second-order valence-electron chi connectivity index (χ2n) is 13.4. The van der Waals surface area contributed by atoms with Crippen LogP contribution >= 0.6 is 0 Å². The molecule has 0 aromatic rings. The Hall–Kier alpha value is -0.450. The van der Waals surface area contributed by atoms with Crippen LogP contribution in [0.4, 0.5) is 0 Å². The van der Waals surface area contributed by atoms with Crippen LogP contribution in [-0.4, -0.2) is 39.4 Å². The quantitative estimate of drug-likeness (QED) is 0.505. The Morgan fingerprint density at radius 3 is 2.21 bits per heavy atom. The van der Waals surface area contributed by atoms with E-state index in [1.54, 1.807) is 0 Å². The van der Waals surface area contributed by atoms with E-state index in [4.69, 9.17) is 0 Å². The lowest BCUT2D eigenvalue weighted by molar-refractivity contribution is -0.161. The van der Waals surface area contributed by atoms with Gasteiger partial charge < -0.3 is 15.3 Å². The molecule has 4 aliphatic rings. The monoisotopic (exact) mass is 462 g/mol. The summed E-state index contributed by atoms with van der Waals surface area (Å²) in [6, 6.07) is 0. The van der Waals surface area contributed by atoms with Crippen molar-refractivity contribution < 1.29 is 20.1 Å². The minimum Gasteiger partial charge on any atom is -0.393 e. The molecule has 0 aromatic heterocycles. The fourth-order valence-corrected chi connectivity index (χ4v) is 9.83. The fourth-order valence-electron chi connectivity index (χ4n) is 9.83. The molecule has 12 atom stereocenters. The summed E-state index contributed by atoms with van der Waals surface area (Å²) in [7, 11) is 0. The van der Waals surface area contributed by atoms with E-state index in [2.05, 4.69) is 41.5 Å². The van der Waals surface area contributed by atoms with Crippen molar-refractivity contribution in [1.82, 2.24) is 0 Å². The molecular weight excluding hydrogens is 412 g/mol. The zero-order valence-corrected chi connectivity index (χ0v) is 22.0. The van der Waals surface area contributed by atoms with Crippen LogP contribution in [0.5, 0.6) is 0 Å². The van der Waals surface area contributed by atoms with E-state index in [-0.39, 0.29) is 34.7 Å². The minimum absolute atomic E-state index is 0.0435. The summed E-state index contributed by atoms with van der Waals surface area (Å²) in [6.45, 7) is 13.3. The normalized spacial score (nSPS) is 46.8. The summed E-state index contributed by atoms with van der Waals surface area (Å²) >= 11 is 0. The summed E-state index contributed by atoms with van der Waals surface area (Å²) < 4.78 is 0. The molecule has 0 aliphatic heterocycles. The Balaban J connectivity index is 1.54. The Morgan fingerprint density at radius 2 is 1.58 bits per heavy atom. The van der Waals surface area contributed by atoms with Crippen LogP contribution in [0.1, 0.15) is 99.3 Å². The molecule has 0 saturated heterocycles. The molecule has 33 heavy (non-hydrogen) atoms. The largest absolute Gasteiger partial charge is 0.393 e. The third-order valence-electron chi connectivity index (χ3n) is 11.8. The summed E-state index contributed by atoms with van der Waals surface area (Å²) in [4.78, 5) is 13.3. The van der Waals surface area contributed by atoms with Gasteiger partial charge in [0.15, 0.2) is 0 Å². The van der Waals surface area contributed by atoms with E-state index < -0.39 is 12.2 Å². The second-order valence-corrected chi connectivity index (χ2v) is 13.4. The molecule has 0 radical (unpaired) electrons. The highest BCUT2D eigenvalue weighted by molar-refractivity contribution is 5.83. The van der Waals surface area contributed by atoms with Gasteiger partial charge in [-0.05, 0) is 97.2 Å². The molecule has 4 heteroatoms. The molecule has 0 heterocycles. The number of Topliss-reactive ketones (excluding diaryl/α,β-unsaturated/α-hetero) is 1. The first-order valence-corrected chi connectivity index (χ1v) is 14.0. The van der Waals surface area contributed by atoms with Crippen LogP contribution in [0.2, 0.25) is 0 Å². The van der Waals surface area contributed by atoms with Gasteiger partial charge in [-0.2, -0.15) is 0 Å². The van der Waals surface area contributed by atoms with E-state index in [1.807, 2.05) is 0 Å². The summed E-state index contributed by atoms with van der Waals surface area (Å²) in [5, 5.41) is 32.6. The van der Waals surface area contributed by atoms with Gasteiger partial charge in [0.1, 0.15) is 5.78 Å². The summed E-state index contributed by atoms with van der Waals surface area (Å²) in [6.07, 6.45) is 6.96. The van der Waals surface area contributed by atoms with Gasteiger partial charge in [0, 0.05) is 12.3 Å². The lowest BCUT2D eigenvalue weighted by atomic mass is 9.44. The zero-order valence-electron chi connectivity index (χ0n) is 22.0. The molecule has 0 unspecified atom stereocenters. The zero-order chi connectivity index (χ0) is 24.3. The van der Waals surface area contributed by atoms with Crippen LogP contribution in [0.15, 0.2) is 0 Å². The average molecular weight is 463 g/mol. The first-order valence-electron chi connectivity index (χ1n) is 14.0. The molecule has 4 nitrogen and oxygen atoms in total. The van der Waals surface area contributed by atoms with Gasteiger partial charge in [-0.15, -0.1) is 0 Å². The van der Waals surface area contributed by atoms with Crippen LogP contribution in [0.25, 0.3) is 0 Å². The standard InChI is InChI=1S/C29H50O4/c1-7-19(16(2)3)27(33)26(32)17(4)21-8-9-22-20-15-25(31)24-14-18(30)10-12-29(24,6)23(20)11-13-28(21,22)5/h16-24,26-27,30,32-33H,7-15H2,1-6H3/t17-,18-,19-,20-,21+,22-,23-,24+,26+,27+,28+,29+/m0/s1. The molecule has 4 rings (SSSR count). The smallest absolute Gasteiger partial charge is 0.136 e. The van der Waals surface area contributed by atoms with Gasteiger partial charge >= 0.3 is 0 Å². The summed E-state index contributed by atoms with van der Waals surface area (Å²) in [5.74, 6) is 2.94. The second kappa shape index (κ2) is 9.21. The topological polar surface area (TPSA) is 77.8 Å². The summed E-state index contributed by atoms with van der Waals surface area (Å²) in [5.41, 5.74) is 0.185. The van der Waals surface area contributed by atoms with Crippen LogP contribution in [0, 0.1) is 58.2 Å². The predicted octanol–water partition coefficient (Wildman–Crippen LogP) is 5.23. The van der Waals surface area contributed by atoms with Crippen molar-refractivity contribution in [2.75, 3.05) is 0 Å². The van der Waals surface area contributed by atoms with E-state index in [0.29, 0.717) is 48.2 Å². The Morgan fingerprint density at radius 1 is 0.939 bits per heavy atom. The number of hydrogen-bond donors (Lipinski definition) is 3. The number of ketones is 1. The Labute approximate surface area is 201 Å². The van der Waals surface area contributed by atoms with E-state index >= 15 is 0 Å². The fraction of sp³-hybridized carbons (Fsp3) is 0.966. The van der Waals surface area contributed by atoms with E-state index in [1.165, 1.54) is 6.42 Å². The maximum Gasteiger partial charge on any atom is 0.136 e. The third-order valence-corrected chi connectivity index (χ3v) is 11.8. The maximum absolute atomic E-state index is 13.3. The molecule has 0 bridgehead atoms. The van der Waals surface area contributed by atoms with Gasteiger partial charge in [0.05, 0.1) is 18.3 Å². The molecule has 0 spiro atoms. The first-order chi connectivity index (χ1) is 15.5. The van der Waals surface area contributed by atoms with Gasteiger partial charge in [-0.1, -0.05) is 48.0 Å². The molecule has 4 fully saturated rings. The Kier molecular flexibility index (Phi) is 7.15. The first kappa shape index (κ1) is 25.6. The van der Waals surface area contributed by atoms with Crippen molar-refractivity contribution in [1.29, 1.82) is 0 Å². The lowest BCUT2D eigenvalue weighted by Gasteiger charge is -2.60. The van der Waals surface area contributed by atoms with Crippen molar-refractivity contribution in [2.24, 2.45) is 58.2 Å². The molecule has 4 aliphatic carbocycles. The van der Waals surface area contributed by atoms with Crippen molar-refractivity contribution in [2.45, 2.75) is 118 Å². The number of aliphatic hydroxyl groups is 3. The van der Waals surface area contributed by atoms with E-state index in [0.717, 1.165) is 38.5 Å². The number of aliphatic hydroxyl groups excluding tert-OH is 3. The highest BCUT2D eigenvalue weighted by Gasteiger charge is 2.63. The van der Waals surface area contributed by atoms with Crippen molar-refractivity contribution >= 4 is 5.78 Å². The number of carbonyl (C=O) groups excluding carboxylic acids is 1. The molecule has 3 N–H and O–H groups in total. The third kappa shape index (κ3) is 4.04. The lowest BCUT2D eigenvalue weighted by Crippen LogP contribution is -2.57. The van der Waals surface area contributed by atoms with Crippen molar-refractivity contribution in [3.05, 3.63) is 0 Å². The minimum atomic E-state index is -0.689. The van der Waals surface area contributed by atoms with Crippen molar-refractivity contribution in [3.63, 3.8) is 0 Å². The highest BCUT2D eigenvalue weighted by atomic mass is 16.3. The van der Waals surface area contributed by atoms with Gasteiger partial charge in [-0.3, -0.25) is 4.79 Å². The number of fused-ring (bicyclic) bond motifs is 5. The van der Waals surface area contributed by atoms with Crippen molar-refractivity contribution in [3.8, 4) is 0 Å². The Bertz CT molecular complexity index is 720. The van der Waals surface area contributed by atoms with E-state index in [9.17, 15) is 20.1 Å². The molecule has 0 aromatic carbocycles. The average Bonchev–Trinajstić information content (AvgIpc) is 3.11. The molecule has 0 amide bonds. The number of hydrogen-bond acceptors (Lipinski definition) is 4. The molecular formula is C29H50O4. The van der Waals surface area contributed by atoms with Crippen LogP contribution < -0.4 is 0 Å². The van der Waals surface area contributed by atoms with Crippen LogP contribution in [-0.2, 0) is 4.79 Å². The highest BCUT2D eigenvalue weighted by Crippen LogP contribution is 2.67. The van der Waals surface area contributed by atoms with Gasteiger partial charge in [-0.25, -0.2) is 0 Å². The van der Waals surface area contributed by atoms with Gasteiger partial charge in [0.2, 0.25) is 0 Å². The van der Waals surface area contributed by atoms with Gasteiger partial charge in [0.25, 0.3) is 0 Å². The SMILES string of the molecule is CC[C@@H](C(C)C)[C@@H](O)[C@H](O)[C@@H](C)[C@H]1CC[C@H]2[C@@H]3CC(=O)[C@H]4C[C@@H](O)CC[C@]4(C)[C@H]3CC[C@]12C. The predicted molar refractivity (Wildman–Crippen MR) is 131 cm³/mol. The number of rotatable bonds is 6. The maximum atomic E-state index is 13.3. The number of carbonyl (C=O) groups is 1.